The van der Waals surface area contributed by atoms with E-state index in [1.165, 1.54) is 6.07 Å². The number of halogens is 1. The first kappa shape index (κ1) is 15.1. The van der Waals surface area contributed by atoms with E-state index in [0.29, 0.717) is 5.02 Å². The average molecular weight is 353 g/mol. The maximum atomic E-state index is 13.0. The molecule has 2 bridgehead atoms. The molecule has 2 aliphatic heterocycles. The summed E-state index contributed by atoms with van der Waals surface area (Å²) < 4.78 is 27.7. The highest BCUT2D eigenvalue weighted by Crippen LogP contribution is 2.43. The lowest BCUT2D eigenvalue weighted by atomic mass is 10.0. The second kappa shape index (κ2) is 5.58. The lowest BCUT2D eigenvalue weighted by Gasteiger charge is -2.37. The third-order valence-electron chi connectivity index (χ3n) is 4.78. The van der Waals surface area contributed by atoms with Crippen LogP contribution in [-0.2, 0) is 10.0 Å². The minimum Gasteiger partial charge on any atom is -0.207 e. The van der Waals surface area contributed by atoms with E-state index in [1.54, 1.807) is 39.7 Å². The highest BCUT2D eigenvalue weighted by molar-refractivity contribution is 7.89. The molecular weight excluding hydrogens is 336 g/mol. The zero-order valence-corrected chi connectivity index (χ0v) is 14.0. The number of nitrogens with zero attached hydrogens (tertiary/aromatic N) is 4. The van der Waals surface area contributed by atoms with Crippen molar-refractivity contribution < 1.29 is 8.42 Å². The predicted octanol–water partition coefficient (Wildman–Crippen LogP) is 2.49. The van der Waals surface area contributed by atoms with E-state index in [0.717, 1.165) is 25.7 Å². The second-order valence-electron chi connectivity index (χ2n) is 6.15. The molecule has 8 heteroatoms. The van der Waals surface area contributed by atoms with Gasteiger partial charge in [0.05, 0.1) is 23.3 Å². The Morgan fingerprint density at radius 2 is 1.70 bits per heavy atom. The van der Waals surface area contributed by atoms with Gasteiger partial charge in [-0.1, -0.05) is 17.7 Å². The van der Waals surface area contributed by atoms with Crippen LogP contribution in [0.2, 0.25) is 5.02 Å². The van der Waals surface area contributed by atoms with Crippen LogP contribution in [0, 0.1) is 0 Å². The molecule has 122 valence electrons. The average Bonchev–Trinajstić information content (AvgIpc) is 3.14. The number of hydrogen-bond acceptors (Lipinski definition) is 4. The third-order valence-corrected chi connectivity index (χ3v) is 7.01. The van der Waals surface area contributed by atoms with Crippen LogP contribution in [0.25, 0.3) is 0 Å². The van der Waals surface area contributed by atoms with Crippen molar-refractivity contribution in [2.45, 2.75) is 48.7 Å². The van der Waals surface area contributed by atoms with Crippen LogP contribution < -0.4 is 0 Å². The maximum Gasteiger partial charge on any atom is 0.243 e. The summed E-state index contributed by atoms with van der Waals surface area (Å²) in [5, 5.41) is 8.87. The molecule has 1 aromatic heterocycles. The molecule has 0 radical (unpaired) electrons. The fraction of sp³-hybridized carbons (Fsp3) is 0.467. The van der Waals surface area contributed by atoms with Crippen molar-refractivity contribution in [3.63, 3.8) is 0 Å². The summed E-state index contributed by atoms with van der Waals surface area (Å²) in [6.45, 7) is 0. The Morgan fingerprint density at radius 3 is 2.30 bits per heavy atom. The Hall–Kier alpha value is -1.44. The van der Waals surface area contributed by atoms with Crippen molar-refractivity contribution in [1.29, 1.82) is 0 Å². The molecule has 2 atom stereocenters. The number of aromatic nitrogens is 3. The number of sulfonamides is 1. The topological polar surface area (TPSA) is 68.1 Å². The quantitative estimate of drug-likeness (QED) is 0.851. The summed E-state index contributed by atoms with van der Waals surface area (Å²) >= 11 is 5.97. The molecule has 2 aliphatic rings. The van der Waals surface area contributed by atoms with Crippen molar-refractivity contribution in [1.82, 2.24) is 19.3 Å². The SMILES string of the molecule is O=S(=O)(c1cccc(Cl)c1)N1[C@H]2CC[C@H]1CC(n1nccn1)C2. The van der Waals surface area contributed by atoms with Gasteiger partial charge in [-0.2, -0.15) is 19.3 Å². The Balaban J connectivity index is 1.64. The molecule has 1 aromatic carbocycles. The minimum atomic E-state index is -3.51. The van der Waals surface area contributed by atoms with Gasteiger partial charge in [0.2, 0.25) is 10.0 Å². The minimum absolute atomic E-state index is 0.00808. The summed E-state index contributed by atoms with van der Waals surface area (Å²) in [5.41, 5.74) is 0. The monoisotopic (exact) mass is 352 g/mol. The van der Waals surface area contributed by atoms with Gasteiger partial charge in [-0.3, -0.25) is 0 Å². The molecule has 6 nitrogen and oxygen atoms in total. The molecule has 3 heterocycles. The highest BCUT2D eigenvalue weighted by Gasteiger charge is 2.48. The van der Waals surface area contributed by atoms with Crippen molar-refractivity contribution >= 4 is 21.6 Å². The van der Waals surface area contributed by atoms with Crippen molar-refractivity contribution in [3.8, 4) is 0 Å². The van der Waals surface area contributed by atoms with Crippen LogP contribution >= 0.6 is 11.6 Å². The molecule has 2 aromatic rings. The van der Waals surface area contributed by atoms with E-state index in [-0.39, 0.29) is 23.0 Å². The lowest BCUT2D eigenvalue weighted by molar-refractivity contribution is 0.174. The maximum absolute atomic E-state index is 13.0. The number of hydrogen-bond donors (Lipinski definition) is 0. The smallest absolute Gasteiger partial charge is 0.207 e. The Bertz CT molecular complexity index is 795. The van der Waals surface area contributed by atoms with Crippen LogP contribution in [0.4, 0.5) is 0 Å². The van der Waals surface area contributed by atoms with Crippen LogP contribution in [0.5, 0.6) is 0 Å². The summed E-state index contributed by atoms with van der Waals surface area (Å²) in [7, 11) is -3.51. The summed E-state index contributed by atoms with van der Waals surface area (Å²) in [6.07, 6.45) is 6.62. The fourth-order valence-corrected chi connectivity index (χ4v) is 6.04. The first-order chi connectivity index (χ1) is 11.1. The van der Waals surface area contributed by atoms with E-state index >= 15 is 0 Å². The Morgan fingerprint density at radius 1 is 1.04 bits per heavy atom. The number of rotatable bonds is 3. The Kier molecular flexibility index (Phi) is 3.66. The van der Waals surface area contributed by atoms with Gasteiger partial charge in [0, 0.05) is 17.1 Å². The number of fused-ring (bicyclic) bond motifs is 2. The molecule has 2 fully saturated rings. The van der Waals surface area contributed by atoms with Crippen molar-refractivity contribution in [2.24, 2.45) is 0 Å². The normalized spacial score (nSPS) is 28.1. The van der Waals surface area contributed by atoms with Crippen LogP contribution in [-0.4, -0.2) is 39.8 Å². The van der Waals surface area contributed by atoms with Gasteiger partial charge in [0.15, 0.2) is 0 Å². The van der Waals surface area contributed by atoms with E-state index in [1.807, 2.05) is 0 Å². The van der Waals surface area contributed by atoms with E-state index in [9.17, 15) is 8.42 Å². The summed E-state index contributed by atoms with van der Waals surface area (Å²) in [5.74, 6) is 0. The molecule has 23 heavy (non-hydrogen) atoms. The van der Waals surface area contributed by atoms with E-state index in [2.05, 4.69) is 10.2 Å². The Labute approximate surface area is 140 Å². The van der Waals surface area contributed by atoms with Gasteiger partial charge in [0.25, 0.3) is 0 Å². The molecule has 0 N–H and O–H groups in total. The highest BCUT2D eigenvalue weighted by atomic mass is 35.5. The number of piperidine rings is 1. The first-order valence-electron chi connectivity index (χ1n) is 7.70. The number of benzene rings is 1. The molecule has 2 saturated heterocycles. The van der Waals surface area contributed by atoms with Gasteiger partial charge in [-0.05, 0) is 43.9 Å². The second-order valence-corrected chi connectivity index (χ2v) is 8.43. The predicted molar refractivity (Wildman–Crippen MR) is 85.6 cm³/mol. The first-order valence-corrected chi connectivity index (χ1v) is 9.52. The third kappa shape index (κ3) is 2.56. The van der Waals surface area contributed by atoms with Crippen LogP contribution in [0.1, 0.15) is 31.7 Å². The van der Waals surface area contributed by atoms with Crippen LogP contribution in [0.15, 0.2) is 41.6 Å². The van der Waals surface area contributed by atoms with Crippen molar-refractivity contribution in [3.05, 3.63) is 41.7 Å². The molecule has 0 spiro atoms. The lowest BCUT2D eigenvalue weighted by Crippen LogP contribution is -2.47. The zero-order chi connectivity index (χ0) is 16.0. The zero-order valence-electron chi connectivity index (χ0n) is 12.4. The van der Waals surface area contributed by atoms with Gasteiger partial charge < -0.3 is 0 Å². The van der Waals surface area contributed by atoms with E-state index < -0.39 is 10.0 Å². The standard InChI is InChI=1S/C15H17ClN4O2S/c16-11-2-1-3-15(8-11)23(21,22)19-12-4-5-13(19)10-14(9-12)20-17-6-7-18-20/h1-3,6-8,12-14H,4-5,9-10H2/t12-,13-/m0/s1. The molecule has 0 unspecified atom stereocenters. The van der Waals surface area contributed by atoms with Crippen LogP contribution in [0.3, 0.4) is 0 Å². The molecule has 0 aliphatic carbocycles. The molecule has 0 amide bonds. The fourth-order valence-electron chi connectivity index (χ4n) is 3.85. The summed E-state index contributed by atoms with van der Waals surface area (Å²) in [6, 6.07) is 6.69. The van der Waals surface area contributed by atoms with Gasteiger partial charge in [-0.15, -0.1) is 0 Å². The van der Waals surface area contributed by atoms with Gasteiger partial charge >= 0.3 is 0 Å². The van der Waals surface area contributed by atoms with Crippen molar-refractivity contribution in [2.75, 3.05) is 0 Å². The van der Waals surface area contributed by atoms with E-state index in [4.69, 9.17) is 11.6 Å². The largest absolute Gasteiger partial charge is 0.243 e. The summed E-state index contributed by atoms with van der Waals surface area (Å²) in [4.78, 5) is 1.99. The molecule has 4 rings (SSSR count). The molecule has 0 saturated carbocycles. The van der Waals surface area contributed by atoms with Gasteiger partial charge in [0.1, 0.15) is 0 Å². The molecular formula is C15H17ClN4O2S. The van der Waals surface area contributed by atoms with Gasteiger partial charge in [-0.25, -0.2) is 8.42 Å².